The van der Waals surface area contributed by atoms with Gasteiger partial charge in [0.2, 0.25) is 0 Å². The summed E-state index contributed by atoms with van der Waals surface area (Å²) in [7, 11) is 1.87. The Morgan fingerprint density at radius 2 is 2.12 bits per heavy atom. The molecule has 3 heterocycles. The van der Waals surface area contributed by atoms with Crippen LogP contribution in [0.15, 0.2) is 47.1 Å². The standard InChI is InChI=1S/C17H14BrClN4O/c1-21-16-4-2-3-14(19)13(16)7-8-23(21)17(24)15-9-12-6-5-11(18)10-22(12)20-15/h2-6,9-10H,7-8H2,1H3. The van der Waals surface area contributed by atoms with Gasteiger partial charge in [-0.25, -0.2) is 9.52 Å². The second kappa shape index (κ2) is 5.79. The maximum atomic E-state index is 12.9. The fourth-order valence-electron chi connectivity index (χ4n) is 3.03. The van der Waals surface area contributed by atoms with E-state index in [4.69, 9.17) is 11.6 Å². The maximum absolute atomic E-state index is 12.9. The Kier molecular flexibility index (Phi) is 3.73. The van der Waals surface area contributed by atoms with Crippen LogP contribution in [0.1, 0.15) is 16.1 Å². The first-order valence-corrected chi connectivity index (χ1v) is 8.69. The Labute approximate surface area is 152 Å². The van der Waals surface area contributed by atoms with Crippen LogP contribution in [-0.2, 0) is 6.42 Å². The Balaban J connectivity index is 1.69. The van der Waals surface area contributed by atoms with E-state index < -0.39 is 0 Å². The van der Waals surface area contributed by atoms with Crippen molar-refractivity contribution in [3.05, 3.63) is 63.3 Å². The Morgan fingerprint density at radius 1 is 1.29 bits per heavy atom. The van der Waals surface area contributed by atoms with Crippen molar-refractivity contribution in [1.29, 1.82) is 0 Å². The molecule has 7 heteroatoms. The number of aromatic nitrogens is 2. The molecule has 0 N–H and O–H groups in total. The van der Waals surface area contributed by atoms with Gasteiger partial charge in [-0.1, -0.05) is 17.7 Å². The highest BCUT2D eigenvalue weighted by Gasteiger charge is 2.28. The van der Waals surface area contributed by atoms with Gasteiger partial charge in [0.1, 0.15) is 0 Å². The number of hydrazine groups is 1. The van der Waals surface area contributed by atoms with Crippen molar-refractivity contribution >= 4 is 44.6 Å². The molecule has 122 valence electrons. The van der Waals surface area contributed by atoms with Crippen LogP contribution in [-0.4, -0.2) is 34.1 Å². The fraction of sp³-hybridized carbons (Fsp3) is 0.176. The molecule has 24 heavy (non-hydrogen) atoms. The smallest absolute Gasteiger partial charge is 0.285 e. The molecule has 0 aliphatic carbocycles. The lowest BCUT2D eigenvalue weighted by molar-refractivity contribution is 0.0732. The monoisotopic (exact) mass is 404 g/mol. The minimum atomic E-state index is -0.122. The molecule has 1 aliphatic rings. The van der Waals surface area contributed by atoms with Gasteiger partial charge < -0.3 is 0 Å². The molecule has 0 saturated heterocycles. The summed E-state index contributed by atoms with van der Waals surface area (Å²) in [5.74, 6) is -0.122. The quantitative estimate of drug-likeness (QED) is 0.618. The van der Waals surface area contributed by atoms with Gasteiger partial charge in [0.15, 0.2) is 5.69 Å². The Morgan fingerprint density at radius 3 is 2.96 bits per heavy atom. The molecule has 1 aliphatic heterocycles. The van der Waals surface area contributed by atoms with Crippen LogP contribution in [0.4, 0.5) is 5.69 Å². The molecule has 0 fully saturated rings. The number of nitrogens with zero attached hydrogens (tertiary/aromatic N) is 4. The number of hydrogen-bond donors (Lipinski definition) is 0. The first kappa shape index (κ1) is 15.5. The number of carbonyl (C=O) groups is 1. The van der Waals surface area contributed by atoms with Crippen molar-refractivity contribution in [2.45, 2.75) is 6.42 Å². The van der Waals surface area contributed by atoms with Gasteiger partial charge in [-0.2, -0.15) is 5.10 Å². The molecular formula is C17H14BrClN4O. The maximum Gasteiger partial charge on any atom is 0.292 e. The number of benzene rings is 1. The van der Waals surface area contributed by atoms with Gasteiger partial charge in [-0.3, -0.25) is 9.80 Å². The predicted octanol–water partition coefficient (Wildman–Crippen LogP) is 3.80. The number of fused-ring (bicyclic) bond motifs is 2. The van der Waals surface area contributed by atoms with Gasteiger partial charge in [-0.15, -0.1) is 0 Å². The second-order valence-corrected chi connectivity index (χ2v) is 7.01. The highest BCUT2D eigenvalue weighted by atomic mass is 79.9. The van der Waals surface area contributed by atoms with E-state index in [1.54, 1.807) is 15.6 Å². The SMILES string of the molecule is CN1c2cccc(Cl)c2CCN1C(=O)c1cc2ccc(Br)cn2n1. The third kappa shape index (κ3) is 2.46. The molecule has 0 saturated carbocycles. The highest BCUT2D eigenvalue weighted by molar-refractivity contribution is 9.10. The molecule has 0 bridgehead atoms. The first-order chi connectivity index (χ1) is 11.5. The first-order valence-electron chi connectivity index (χ1n) is 7.52. The van der Waals surface area contributed by atoms with E-state index in [1.165, 1.54) is 0 Å². The van der Waals surface area contributed by atoms with Gasteiger partial charge in [-0.05, 0) is 58.2 Å². The van der Waals surface area contributed by atoms with Crippen LogP contribution in [0.25, 0.3) is 5.52 Å². The topological polar surface area (TPSA) is 40.9 Å². The summed E-state index contributed by atoms with van der Waals surface area (Å²) in [6.45, 7) is 0.573. The van der Waals surface area contributed by atoms with Crippen molar-refractivity contribution in [2.24, 2.45) is 0 Å². The van der Waals surface area contributed by atoms with Crippen LogP contribution in [0, 0.1) is 0 Å². The molecule has 4 rings (SSSR count). The molecule has 0 spiro atoms. The van der Waals surface area contributed by atoms with Crippen molar-refractivity contribution in [3.63, 3.8) is 0 Å². The van der Waals surface area contributed by atoms with Crippen LogP contribution in [0.3, 0.4) is 0 Å². The van der Waals surface area contributed by atoms with Gasteiger partial charge >= 0.3 is 0 Å². The highest BCUT2D eigenvalue weighted by Crippen LogP contribution is 2.32. The predicted molar refractivity (Wildman–Crippen MR) is 97.5 cm³/mol. The summed E-state index contributed by atoms with van der Waals surface area (Å²) in [5, 5.41) is 8.70. The molecule has 3 aromatic rings. The van der Waals surface area contributed by atoms with E-state index in [0.29, 0.717) is 12.2 Å². The second-order valence-electron chi connectivity index (χ2n) is 5.69. The molecule has 2 aromatic heterocycles. The third-order valence-corrected chi connectivity index (χ3v) is 5.08. The largest absolute Gasteiger partial charge is 0.292 e. The van der Waals surface area contributed by atoms with Crippen molar-refractivity contribution in [3.8, 4) is 0 Å². The zero-order chi connectivity index (χ0) is 16.8. The van der Waals surface area contributed by atoms with E-state index >= 15 is 0 Å². The van der Waals surface area contributed by atoms with Gasteiger partial charge in [0.05, 0.1) is 11.2 Å². The number of pyridine rings is 1. The van der Waals surface area contributed by atoms with Crippen LogP contribution < -0.4 is 5.01 Å². The number of carbonyl (C=O) groups excluding carboxylic acids is 1. The summed E-state index contributed by atoms with van der Waals surface area (Å²) in [5.41, 5.74) is 3.33. The van der Waals surface area contributed by atoms with E-state index in [1.807, 2.05) is 48.6 Å². The molecule has 1 aromatic carbocycles. The van der Waals surface area contributed by atoms with Crippen molar-refractivity contribution in [2.75, 3.05) is 18.6 Å². The van der Waals surface area contributed by atoms with E-state index in [9.17, 15) is 4.79 Å². The Hall–Kier alpha value is -2.05. The minimum Gasteiger partial charge on any atom is -0.285 e. The number of anilines is 1. The average molecular weight is 406 g/mol. The summed E-state index contributed by atoms with van der Waals surface area (Å²) in [6, 6.07) is 11.4. The molecule has 0 unspecified atom stereocenters. The lowest BCUT2D eigenvalue weighted by atomic mass is 10.1. The zero-order valence-corrected chi connectivity index (χ0v) is 15.3. The van der Waals surface area contributed by atoms with E-state index in [2.05, 4.69) is 21.0 Å². The van der Waals surface area contributed by atoms with Crippen molar-refractivity contribution in [1.82, 2.24) is 14.6 Å². The van der Waals surface area contributed by atoms with E-state index in [-0.39, 0.29) is 5.91 Å². The fourth-order valence-corrected chi connectivity index (χ4v) is 3.62. The van der Waals surface area contributed by atoms with Crippen LogP contribution in [0.5, 0.6) is 0 Å². The molecule has 5 nitrogen and oxygen atoms in total. The number of amides is 1. The normalized spacial score (nSPS) is 14.1. The summed E-state index contributed by atoms with van der Waals surface area (Å²) in [4.78, 5) is 12.9. The van der Waals surface area contributed by atoms with E-state index in [0.717, 1.165) is 32.7 Å². The van der Waals surface area contributed by atoms with Crippen molar-refractivity contribution < 1.29 is 4.79 Å². The minimum absolute atomic E-state index is 0.122. The summed E-state index contributed by atoms with van der Waals surface area (Å²) in [6.07, 6.45) is 2.56. The van der Waals surface area contributed by atoms with Crippen LogP contribution in [0.2, 0.25) is 5.02 Å². The average Bonchev–Trinajstić information content (AvgIpc) is 2.98. The molecule has 0 atom stereocenters. The van der Waals surface area contributed by atoms with Gasteiger partial charge in [0.25, 0.3) is 5.91 Å². The lowest BCUT2D eigenvalue weighted by Gasteiger charge is -2.38. The van der Waals surface area contributed by atoms with Crippen LogP contribution >= 0.6 is 27.5 Å². The summed E-state index contributed by atoms with van der Waals surface area (Å²) < 4.78 is 2.61. The third-order valence-electron chi connectivity index (χ3n) is 4.26. The lowest BCUT2D eigenvalue weighted by Crippen LogP contribution is -2.48. The summed E-state index contributed by atoms with van der Waals surface area (Å²) >= 11 is 9.68. The Bertz CT molecular complexity index is 955. The van der Waals surface area contributed by atoms with Gasteiger partial charge in [0, 0.05) is 29.3 Å². The number of hydrogen-bond acceptors (Lipinski definition) is 3. The molecular weight excluding hydrogens is 392 g/mol. The zero-order valence-electron chi connectivity index (χ0n) is 12.9. The molecule has 1 amide bonds. The number of rotatable bonds is 1. The number of halogens is 2. The molecule has 0 radical (unpaired) electrons.